The van der Waals surface area contributed by atoms with E-state index in [0.29, 0.717) is 0 Å². The topological polar surface area (TPSA) is 35.2 Å². The predicted molar refractivity (Wildman–Crippen MR) is 85.3 cm³/mol. The van der Waals surface area contributed by atoms with Crippen LogP contribution in [0.25, 0.3) is 0 Å². The summed E-state index contributed by atoms with van der Waals surface area (Å²) in [4.78, 5) is 0. The van der Waals surface area contributed by atoms with E-state index in [-0.39, 0.29) is 5.54 Å². The summed E-state index contributed by atoms with van der Waals surface area (Å²) in [5.41, 5.74) is 8.40. The van der Waals surface area contributed by atoms with Crippen LogP contribution in [0.4, 0.5) is 0 Å². The Hall–Kier alpha value is -1.02. The molecule has 0 amide bonds. The number of benzene rings is 1. The average Bonchev–Trinajstić information content (AvgIpc) is 3.17. The zero-order chi connectivity index (χ0) is 14.4. The summed E-state index contributed by atoms with van der Waals surface area (Å²) in [6, 6.07) is 8.50. The van der Waals surface area contributed by atoms with Crippen LogP contribution in [0, 0.1) is 23.7 Å². The normalized spacial score (nSPS) is 40.5. The van der Waals surface area contributed by atoms with Gasteiger partial charge in [0.15, 0.2) is 0 Å². The zero-order valence-electron chi connectivity index (χ0n) is 13.1. The van der Waals surface area contributed by atoms with Gasteiger partial charge < -0.3 is 10.5 Å². The molecule has 3 aliphatic carbocycles. The van der Waals surface area contributed by atoms with Gasteiger partial charge in [0, 0.05) is 5.54 Å². The highest BCUT2D eigenvalue weighted by Crippen LogP contribution is 2.62. The van der Waals surface area contributed by atoms with Crippen LogP contribution in [0.1, 0.15) is 44.1 Å². The van der Waals surface area contributed by atoms with E-state index in [9.17, 15) is 0 Å². The van der Waals surface area contributed by atoms with Gasteiger partial charge in [-0.3, -0.25) is 0 Å². The van der Waals surface area contributed by atoms with Crippen molar-refractivity contribution in [3.8, 4) is 5.75 Å². The molecule has 0 aliphatic heterocycles. The number of methoxy groups -OCH3 is 1. The molecule has 0 spiro atoms. The Morgan fingerprint density at radius 1 is 1.19 bits per heavy atom. The molecule has 5 unspecified atom stereocenters. The van der Waals surface area contributed by atoms with Gasteiger partial charge in [-0.25, -0.2) is 0 Å². The lowest BCUT2D eigenvalue weighted by Gasteiger charge is -2.40. The monoisotopic (exact) mass is 285 g/mol. The molecule has 0 saturated heterocycles. The van der Waals surface area contributed by atoms with Gasteiger partial charge in [0.05, 0.1) is 7.11 Å². The fourth-order valence-electron chi connectivity index (χ4n) is 5.77. The standard InChI is InChI=1S/C19H27NO/c1-21-15-7-5-13(6-8-15)9-10-19(20)12-14-11-18(19)17-4-2-3-16(14)17/h5-8,14,16-18H,2-4,9-12,20H2,1H3. The van der Waals surface area contributed by atoms with Crippen molar-refractivity contribution >= 4 is 0 Å². The molecule has 21 heavy (non-hydrogen) atoms. The average molecular weight is 285 g/mol. The Morgan fingerprint density at radius 2 is 1.95 bits per heavy atom. The van der Waals surface area contributed by atoms with Gasteiger partial charge in [-0.15, -0.1) is 0 Å². The Morgan fingerprint density at radius 3 is 2.71 bits per heavy atom. The fraction of sp³-hybridized carbons (Fsp3) is 0.684. The molecule has 4 rings (SSSR count). The first-order chi connectivity index (χ1) is 10.2. The molecule has 2 N–H and O–H groups in total. The third-order valence-corrected chi connectivity index (χ3v) is 6.72. The van der Waals surface area contributed by atoms with E-state index in [1.807, 2.05) is 0 Å². The molecular formula is C19H27NO. The van der Waals surface area contributed by atoms with Gasteiger partial charge in [-0.05, 0) is 79.9 Å². The minimum atomic E-state index is 0.121. The number of nitrogens with two attached hydrogens (primary N) is 1. The molecule has 2 nitrogen and oxygen atoms in total. The maximum Gasteiger partial charge on any atom is 0.118 e. The second kappa shape index (κ2) is 5.01. The van der Waals surface area contributed by atoms with Gasteiger partial charge in [0.2, 0.25) is 0 Å². The number of fused-ring (bicyclic) bond motifs is 5. The quantitative estimate of drug-likeness (QED) is 0.913. The molecule has 114 valence electrons. The number of rotatable bonds is 4. The summed E-state index contributed by atoms with van der Waals surface area (Å²) in [5.74, 6) is 4.70. The smallest absolute Gasteiger partial charge is 0.118 e. The molecule has 0 heterocycles. The third kappa shape index (κ3) is 2.19. The lowest BCUT2D eigenvalue weighted by Crippen LogP contribution is -2.49. The van der Waals surface area contributed by atoms with Crippen LogP contribution in [0.5, 0.6) is 5.75 Å². The highest BCUT2D eigenvalue weighted by Gasteiger charge is 2.58. The summed E-state index contributed by atoms with van der Waals surface area (Å²) < 4.78 is 5.23. The van der Waals surface area contributed by atoms with Crippen LogP contribution in [0.2, 0.25) is 0 Å². The second-order valence-corrected chi connectivity index (χ2v) is 7.65. The van der Waals surface area contributed by atoms with Crippen LogP contribution in [0.3, 0.4) is 0 Å². The van der Waals surface area contributed by atoms with E-state index in [2.05, 4.69) is 24.3 Å². The number of hydrogen-bond acceptors (Lipinski definition) is 2. The van der Waals surface area contributed by atoms with Crippen molar-refractivity contribution in [2.45, 2.75) is 50.5 Å². The first kappa shape index (κ1) is 13.6. The fourth-order valence-corrected chi connectivity index (χ4v) is 5.77. The second-order valence-electron chi connectivity index (χ2n) is 7.65. The van der Waals surface area contributed by atoms with Crippen molar-refractivity contribution in [2.24, 2.45) is 29.4 Å². The van der Waals surface area contributed by atoms with Crippen molar-refractivity contribution in [1.82, 2.24) is 0 Å². The van der Waals surface area contributed by atoms with E-state index in [1.165, 1.54) is 37.7 Å². The Bertz CT molecular complexity index is 511. The molecule has 3 aliphatic rings. The highest BCUT2D eigenvalue weighted by atomic mass is 16.5. The van der Waals surface area contributed by atoms with E-state index in [0.717, 1.165) is 42.3 Å². The molecular weight excluding hydrogens is 258 g/mol. The van der Waals surface area contributed by atoms with E-state index in [4.69, 9.17) is 10.5 Å². The third-order valence-electron chi connectivity index (χ3n) is 6.72. The molecule has 3 fully saturated rings. The molecule has 2 heteroatoms. The van der Waals surface area contributed by atoms with Crippen LogP contribution < -0.4 is 10.5 Å². The maximum atomic E-state index is 6.88. The minimum Gasteiger partial charge on any atom is -0.497 e. The van der Waals surface area contributed by atoms with E-state index >= 15 is 0 Å². The van der Waals surface area contributed by atoms with Crippen molar-refractivity contribution in [3.63, 3.8) is 0 Å². The molecule has 1 aromatic carbocycles. The first-order valence-corrected chi connectivity index (χ1v) is 8.61. The molecule has 0 radical (unpaired) electrons. The summed E-state index contributed by atoms with van der Waals surface area (Å²) >= 11 is 0. The van der Waals surface area contributed by atoms with Gasteiger partial charge in [-0.2, -0.15) is 0 Å². The summed E-state index contributed by atoms with van der Waals surface area (Å²) in [5, 5.41) is 0. The minimum absolute atomic E-state index is 0.121. The van der Waals surface area contributed by atoms with Crippen LogP contribution >= 0.6 is 0 Å². The summed E-state index contributed by atoms with van der Waals surface area (Å²) in [6.45, 7) is 0. The maximum absolute atomic E-state index is 6.88. The number of ether oxygens (including phenoxy) is 1. The molecule has 0 aromatic heterocycles. The van der Waals surface area contributed by atoms with Gasteiger partial charge in [-0.1, -0.05) is 18.6 Å². The molecule has 3 saturated carbocycles. The number of aryl methyl sites for hydroxylation is 1. The van der Waals surface area contributed by atoms with Crippen molar-refractivity contribution in [1.29, 1.82) is 0 Å². The summed E-state index contributed by atoms with van der Waals surface area (Å²) in [7, 11) is 1.72. The lowest BCUT2D eigenvalue weighted by atomic mass is 9.69. The van der Waals surface area contributed by atoms with Crippen LogP contribution in [0.15, 0.2) is 24.3 Å². The van der Waals surface area contributed by atoms with Crippen molar-refractivity contribution in [2.75, 3.05) is 7.11 Å². The van der Waals surface area contributed by atoms with Crippen LogP contribution in [-0.4, -0.2) is 12.6 Å². The van der Waals surface area contributed by atoms with Crippen LogP contribution in [-0.2, 0) is 6.42 Å². The summed E-state index contributed by atoms with van der Waals surface area (Å²) in [6.07, 6.45) is 9.37. The van der Waals surface area contributed by atoms with Crippen molar-refractivity contribution in [3.05, 3.63) is 29.8 Å². The number of hydrogen-bond donors (Lipinski definition) is 1. The predicted octanol–water partition coefficient (Wildman–Crippen LogP) is 3.78. The van der Waals surface area contributed by atoms with Crippen molar-refractivity contribution < 1.29 is 4.74 Å². The Kier molecular flexibility index (Phi) is 3.25. The molecule has 2 bridgehead atoms. The lowest BCUT2D eigenvalue weighted by molar-refractivity contribution is 0.148. The molecule has 5 atom stereocenters. The highest BCUT2D eigenvalue weighted by molar-refractivity contribution is 5.27. The van der Waals surface area contributed by atoms with Gasteiger partial charge >= 0.3 is 0 Å². The first-order valence-electron chi connectivity index (χ1n) is 8.61. The molecule has 1 aromatic rings. The SMILES string of the molecule is COc1ccc(CCC2(N)CC3CC2C2CCCC32)cc1. The Labute approximate surface area is 128 Å². The van der Waals surface area contributed by atoms with E-state index in [1.54, 1.807) is 7.11 Å². The zero-order valence-corrected chi connectivity index (χ0v) is 13.1. The Balaban J connectivity index is 1.42. The van der Waals surface area contributed by atoms with Gasteiger partial charge in [0.25, 0.3) is 0 Å². The van der Waals surface area contributed by atoms with E-state index < -0.39 is 0 Å². The largest absolute Gasteiger partial charge is 0.497 e. The van der Waals surface area contributed by atoms with Gasteiger partial charge in [0.1, 0.15) is 5.75 Å².